The van der Waals surface area contributed by atoms with E-state index in [1.165, 1.54) is 6.07 Å². The predicted molar refractivity (Wildman–Crippen MR) is 88.7 cm³/mol. The maximum Gasteiger partial charge on any atom is 0.254 e. The first-order chi connectivity index (χ1) is 11.0. The highest BCUT2D eigenvalue weighted by Crippen LogP contribution is 2.28. The van der Waals surface area contributed by atoms with Crippen LogP contribution in [0.15, 0.2) is 29.2 Å². The van der Waals surface area contributed by atoms with Crippen LogP contribution in [-0.4, -0.2) is 38.4 Å². The Kier molecular flexibility index (Phi) is 4.73. The molecule has 1 aromatic carbocycles. The summed E-state index contributed by atoms with van der Waals surface area (Å²) >= 11 is 0. The summed E-state index contributed by atoms with van der Waals surface area (Å²) in [5.74, 6) is 0.403. The lowest BCUT2D eigenvalue weighted by molar-refractivity contribution is 0.0635. The second-order valence-electron chi connectivity index (χ2n) is 6.67. The minimum Gasteiger partial charge on any atom is -0.336 e. The molecule has 0 spiro atoms. The summed E-state index contributed by atoms with van der Waals surface area (Å²) < 4.78 is 27.3. The number of hydrogen-bond donors (Lipinski definition) is 1. The maximum absolute atomic E-state index is 12.7. The molecule has 1 aromatic rings. The van der Waals surface area contributed by atoms with Crippen LogP contribution in [0.1, 0.15) is 49.4 Å². The summed E-state index contributed by atoms with van der Waals surface area (Å²) in [7, 11) is -3.54. The standard InChI is InChI=1S/C17H24N2O3S/c1-13-5-2-3-10-19(13)17(20)15-6-4-7-16(11-15)23(21,22)18-12-14-8-9-14/h4,6-7,11,13-14,18H,2-3,5,8-10,12H2,1H3. The average molecular weight is 336 g/mol. The van der Waals surface area contributed by atoms with Crippen LogP contribution in [0, 0.1) is 5.92 Å². The normalized spacial score (nSPS) is 22.1. The fraction of sp³-hybridized carbons (Fsp3) is 0.588. The molecule has 0 bridgehead atoms. The third-order valence-electron chi connectivity index (χ3n) is 4.71. The van der Waals surface area contributed by atoms with Crippen molar-refractivity contribution in [3.8, 4) is 0 Å². The molecule has 1 aliphatic heterocycles. The molecule has 1 saturated heterocycles. The lowest BCUT2D eigenvalue weighted by Gasteiger charge is -2.33. The molecule has 1 atom stereocenters. The van der Waals surface area contributed by atoms with Crippen LogP contribution in [0.3, 0.4) is 0 Å². The van der Waals surface area contributed by atoms with Crippen molar-refractivity contribution in [1.29, 1.82) is 0 Å². The monoisotopic (exact) mass is 336 g/mol. The average Bonchev–Trinajstić information content (AvgIpc) is 3.37. The van der Waals surface area contributed by atoms with Gasteiger partial charge in [-0.05, 0) is 63.1 Å². The van der Waals surface area contributed by atoms with E-state index in [1.807, 2.05) is 4.90 Å². The molecule has 3 rings (SSSR count). The molecule has 1 N–H and O–H groups in total. The van der Waals surface area contributed by atoms with Gasteiger partial charge >= 0.3 is 0 Å². The molecule has 126 valence electrons. The second kappa shape index (κ2) is 6.61. The summed E-state index contributed by atoms with van der Waals surface area (Å²) in [5, 5.41) is 0. The van der Waals surface area contributed by atoms with Crippen LogP contribution in [-0.2, 0) is 10.0 Å². The van der Waals surface area contributed by atoms with E-state index in [2.05, 4.69) is 11.6 Å². The summed E-state index contributed by atoms with van der Waals surface area (Å²) in [5.41, 5.74) is 0.452. The number of benzene rings is 1. The van der Waals surface area contributed by atoms with Gasteiger partial charge in [0.15, 0.2) is 0 Å². The molecule has 2 fully saturated rings. The Labute approximate surface area is 138 Å². The van der Waals surface area contributed by atoms with Crippen LogP contribution in [0.25, 0.3) is 0 Å². The number of carbonyl (C=O) groups excluding carboxylic acids is 1. The van der Waals surface area contributed by atoms with Gasteiger partial charge in [0.2, 0.25) is 10.0 Å². The SMILES string of the molecule is CC1CCCCN1C(=O)c1cccc(S(=O)(=O)NCC2CC2)c1. The summed E-state index contributed by atoms with van der Waals surface area (Å²) in [6.45, 7) is 3.29. The first-order valence-electron chi connectivity index (χ1n) is 8.38. The lowest BCUT2D eigenvalue weighted by Crippen LogP contribution is -2.42. The molecule has 2 aliphatic rings. The molecule has 1 amide bonds. The van der Waals surface area contributed by atoms with E-state index >= 15 is 0 Å². The van der Waals surface area contributed by atoms with Gasteiger partial charge in [-0.3, -0.25) is 4.79 Å². The smallest absolute Gasteiger partial charge is 0.254 e. The molecule has 0 radical (unpaired) electrons. The number of rotatable bonds is 5. The van der Waals surface area contributed by atoms with Crippen LogP contribution >= 0.6 is 0 Å². The molecule has 1 aliphatic carbocycles. The van der Waals surface area contributed by atoms with Crippen molar-refractivity contribution in [1.82, 2.24) is 9.62 Å². The van der Waals surface area contributed by atoms with E-state index in [-0.39, 0.29) is 16.8 Å². The van der Waals surface area contributed by atoms with Crippen LogP contribution in [0.2, 0.25) is 0 Å². The summed E-state index contributed by atoms with van der Waals surface area (Å²) in [6, 6.07) is 6.60. The highest BCUT2D eigenvalue weighted by Gasteiger charge is 2.27. The molecular formula is C17H24N2O3S. The zero-order chi connectivity index (χ0) is 16.4. The van der Waals surface area contributed by atoms with Gasteiger partial charge in [-0.15, -0.1) is 0 Å². The second-order valence-corrected chi connectivity index (χ2v) is 8.43. The number of amides is 1. The van der Waals surface area contributed by atoms with Gasteiger partial charge in [-0.25, -0.2) is 13.1 Å². The Morgan fingerprint density at radius 3 is 2.74 bits per heavy atom. The van der Waals surface area contributed by atoms with Crippen molar-refractivity contribution in [2.75, 3.05) is 13.1 Å². The first kappa shape index (κ1) is 16.5. The van der Waals surface area contributed by atoms with Crippen molar-refractivity contribution in [2.45, 2.75) is 50.0 Å². The van der Waals surface area contributed by atoms with Gasteiger partial charge in [0.1, 0.15) is 0 Å². The highest BCUT2D eigenvalue weighted by molar-refractivity contribution is 7.89. The first-order valence-corrected chi connectivity index (χ1v) is 9.86. The third-order valence-corrected chi connectivity index (χ3v) is 6.14. The van der Waals surface area contributed by atoms with E-state index in [9.17, 15) is 13.2 Å². The zero-order valence-corrected chi connectivity index (χ0v) is 14.3. The van der Waals surface area contributed by atoms with Gasteiger partial charge in [0.25, 0.3) is 5.91 Å². The Bertz CT molecular complexity index is 683. The number of sulfonamides is 1. The summed E-state index contributed by atoms with van der Waals surface area (Å²) in [4.78, 5) is 14.7. The zero-order valence-electron chi connectivity index (χ0n) is 13.5. The number of nitrogens with zero attached hydrogens (tertiary/aromatic N) is 1. The third kappa shape index (κ3) is 3.93. The number of hydrogen-bond acceptors (Lipinski definition) is 3. The topological polar surface area (TPSA) is 66.5 Å². The van der Waals surface area contributed by atoms with E-state index in [4.69, 9.17) is 0 Å². The fourth-order valence-corrected chi connectivity index (χ4v) is 4.16. The van der Waals surface area contributed by atoms with Gasteiger partial charge in [-0.2, -0.15) is 0 Å². The molecule has 1 unspecified atom stereocenters. The molecule has 6 heteroatoms. The Hall–Kier alpha value is -1.40. The molecular weight excluding hydrogens is 312 g/mol. The minimum atomic E-state index is -3.54. The van der Waals surface area contributed by atoms with Gasteiger partial charge in [-0.1, -0.05) is 6.07 Å². The van der Waals surface area contributed by atoms with Crippen LogP contribution in [0.5, 0.6) is 0 Å². The van der Waals surface area contributed by atoms with E-state index in [0.717, 1.165) is 38.6 Å². The number of nitrogens with one attached hydrogen (secondary N) is 1. The Morgan fingerprint density at radius 1 is 1.26 bits per heavy atom. The largest absolute Gasteiger partial charge is 0.336 e. The predicted octanol–water partition coefficient (Wildman–Crippen LogP) is 2.39. The van der Waals surface area contributed by atoms with Gasteiger partial charge in [0, 0.05) is 24.7 Å². The van der Waals surface area contributed by atoms with Crippen molar-refractivity contribution < 1.29 is 13.2 Å². The van der Waals surface area contributed by atoms with Crippen LogP contribution in [0.4, 0.5) is 0 Å². The molecule has 0 aromatic heterocycles. The lowest BCUT2D eigenvalue weighted by atomic mass is 10.0. The molecule has 23 heavy (non-hydrogen) atoms. The van der Waals surface area contributed by atoms with Crippen molar-refractivity contribution in [3.63, 3.8) is 0 Å². The van der Waals surface area contributed by atoms with E-state index in [1.54, 1.807) is 18.2 Å². The Balaban J connectivity index is 1.77. The molecule has 1 heterocycles. The number of carbonyl (C=O) groups is 1. The number of likely N-dealkylation sites (tertiary alicyclic amines) is 1. The van der Waals surface area contributed by atoms with E-state index < -0.39 is 10.0 Å². The highest BCUT2D eigenvalue weighted by atomic mass is 32.2. The summed E-state index contributed by atoms with van der Waals surface area (Å²) in [6.07, 6.45) is 5.34. The van der Waals surface area contributed by atoms with Crippen LogP contribution < -0.4 is 4.72 Å². The molecule has 1 saturated carbocycles. The maximum atomic E-state index is 12.7. The van der Waals surface area contributed by atoms with E-state index in [0.29, 0.717) is 18.0 Å². The van der Waals surface area contributed by atoms with Gasteiger partial charge < -0.3 is 4.90 Å². The number of piperidine rings is 1. The minimum absolute atomic E-state index is 0.0727. The van der Waals surface area contributed by atoms with Gasteiger partial charge in [0.05, 0.1) is 4.90 Å². The van der Waals surface area contributed by atoms with Crippen molar-refractivity contribution >= 4 is 15.9 Å². The van der Waals surface area contributed by atoms with Crippen molar-refractivity contribution in [2.24, 2.45) is 5.92 Å². The quantitative estimate of drug-likeness (QED) is 0.898. The molecule has 5 nitrogen and oxygen atoms in total. The fourth-order valence-electron chi connectivity index (χ4n) is 2.99. The Morgan fingerprint density at radius 2 is 2.04 bits per heavy atom. The van der Waals surface area contributed by atoms with Crippen molar-refractivity contribution in [3.05, 3.63) is 29.8 Å².